The van der Waals surface area contributed by atoms with Crippen molar-refractivity contribution in [3.8, 4) is 0 Å². The van der Waals surface area contributed by atoms with Crippen LogP contribution >= 0.6 is 0 Å². The molecule has 0 bridgehead atoms. The average molecular weight is 475 g/mol. The van der Waals surface area contributed by atoms with Crippen LogP contribution in [0.4, 0.5) is 4.39 Å². The molecule has 0 spiro atoms. The number of fused-ring (bicyclic) bond motifs is 1. The Bertz CT molecular complexity index is 1270. The van der Waals surface area contributed by atoms with E-state index in [0.29, 0.717) is 12.2 Å². The van der Waals surface area contributed by atoms with E-state index in [2.05, 4.69) is 35.0 Å². The van der Waals surface area contributed by atoms with Gasteiger partial charge in [-0.15, -0.1) is 0 Å². The Morgan fingerprint density at radius 3 is 2.86 bits per heavy atom. The van der Waals surface area contributed by atoms with Gasteiger partial charge in [0.25, 0.3) is 5.56 Å². The van der Waals surface area contributed by atoms with Crippen LogP contribution in [-0.4, -0.2) is 38.2 Å². The van der Waals surface area contributed by atoms with Crippen LogP contribution in [-0.2, 0) is 20.0 Å². The summed E-state index contributed by atoms with van der Waals surface area (Å²) in [7, 11) is 1.74. The Labute approximate surface area is 207 Å². The third-order valence-corrected chi connectivity index (χ3v) is 7.50. The number of pyridine rings is 1. The van der Waals surface area contributed by atoms with Gasteiger partial charge in [-0.1, -0.05) is 37.3 Å². The number of hydrogen-bond donors (Lipinski definition) is 0. The molecule has 1 aliphatic carbocycles. The van der Waals surface area contributed by atoms with Crippen molar-refractivity contribution < 1.29 is 4.39 Å². The normalized spacial score (nSPS) is 22.7. The minimum atomic E-state index is -0.958. The topological polar surface area (TPSA) is 51.0 Å². The second kappa shape index (κ2) is 10.2. The molecule has 3 unspecified atom stereocenters. The fraction of sp³-hybridized carbons (Fsp3) is 0.414. The number of aromatic nitrogens is 3. The van der Waals surface area contributed by atoms with E-state index >= 15 is 0 Å². The summed E-state index contributed by atoms with van der Waals surface area (Å²) < 4.78 is 16.2. The molecule has 5 nitrogen and oxygen atoms in total. The van der Waals surface area contributed by atoms with Crippen molar-refractivity contribution in [1.29, 1.82) is 0 Å². The summed E-state index contributed by atoms with van der Waals surface area (Å²) in [5.74, 6) is 0.641. The van der Waals surface area contributed by atoms with Crippen molar-refractivity contribution in [1.82, 2.24) is 19.4 Å². The molecule has 184 valence electrons. The molecule has 4 rings (SSSR count). The quantitative estimate of drug-likeness (QED) is 0.534. The van der Waals surface area contributed by atoms with Crippen molar-refractivity contribution >= 4 is 11.6 Å². The summed E-state index contributed by atoms with van der Waals surface area (Å²) in [6.45, 7) is 9.39. The number of allylic oxidation sites excluding steroid dienone is 5. The van der Waals surface area contributed by atoms with Gasteiger partial charge in [-0.3, -0.25) is 19.2 Å². The fourth-order valence-electron chi connectivity index (χ4n) is 5.07. The molecule has 0 aromatic carbocycles. The van der Waals surface area contributed by atoms with Gasteiger partial charge in [0.15, 0.2) is 0 Å². The Kier molecular flexibility index (Phi) is 7.31. The molecule has 2 aliphatic rings. The first-order chi connectivity index (χ1) is 16.7. The van der Waals surface area contributed by atoms with E-state index in [9.17, 15) is 9.18 Å². The zero-order valence-electron chi connectivity index (χ0n) is 21.3. The van der Waals surface area contributed by atoms with Crippen molar-refractivity contribution in [2.45, 2.75) is 59.3 Å². The second-order valence-corrected chi connectivity index (χ2v) is 9.86. The van der Waals surface area contributed by atoms with E-state index in [1.54, 1.807) is 24.7 Å². The van der Waals surface area contributed by atoms with Crippen LogP contribution in [0.3, 0.4) is 0 Å². The zero-order valence-corrected chi connectivity index (χ0v) is 21.3. The van der Waals surface area contributed by atoms with Gasteiger partial charge in [0.05, 0.1) is 0 Å². The summed E-state index contributed by atoms with van der Waals surface area (Å²) in [4.78, 5) is 23.6. The number of nitrogens with zero attached hydrogens (tertiary/aromatic N) is 4. The van der Waals surface area contributed by atoms with Crippen LogP contribution in [0.15, 0.2) is 65.3 Å². The van der Waals surface area contributed by atoms with Gasteiger partial charge >= 0.3 is 0 Å². The molecule has 35 heavy (non-hydrogen) atoms. The maximum absolute atomic E-state index is 14.7. The van der Waals surface area contributed by atoms with Crippen LogP contribution < -0.4 is 5.56 Å². The SMILES string of the molecule is C/C=C\C(/C(C)=C\c1nccc(=O)n1C)N1CCc2ncc(C3=CC=CCC3(C)C(C)F)cc2C1. The molecular formula is C29H35FN4O. The highest BCUT2D eigenvalue weighted by atomic mass is 19.1. The van der Waals surface area contributed by atoms with E-state index in [1.807, 2.05) is 44.3 Å². The summed E-state index contributed by atoms with van der Waals surface area (Å²) >= 11 is 0. The fourth-order valence-corrected chi connectivity index (χ4v) is 5.07. The minimum absolute atomic E-state index is 0.0712. The third kappa shape index (κ3) is 4.98. The smallest absolute Gasteiger partial charge is 0.253 e. The summed E-state index contributed by atoms with van der Waals surface area (Å²) in [6.07, 6.45) is 16.4. The van der Waals surface area contributed by atoms with Crippen molar-refractivity contribution in [2.75, 3.05) is 6.54 Å². The monoisotopic (exact) mass is 474 g/mol. The molecule has 6 heteroatoms. The molecule has 2 aromatic rings. The van der Waals surface area contributed by atoms with Gasteiger partial charge in [0, 0.05) is 62.2 Å². The number of hydrogen-bond acceptors (Lipinski definition) is 4. The molecule has 2 aromatic heterocycles. The lowest BCUT2D eigenvalue weighted by molar-refractivity contribution is 0.203. The Morgan fingerprint density at radius 2 is 2.11 bits per heavy atom. The average Bonchev–Trinajstić information content (AvgIpc) is 2.85. The molecular weight excluding hydrogens is 439 g/mol. The highest BCUT2D eigenvalue weighted by molar-refractivity contribution is 5.73. The first kappa shape index (κ1) is 25.0. The maximum atomic E-state index is 14.7. The van der Waals surface area contributed by atoms with Crippen molar-refractivity contribution in [3.63, 3.8) is 0 Å². The lowest BCUT2D eigenvalue weighted by Gasteiger charge is -2.37. The largest absolute Gasteiger partial charge is 0.296 e. The van der Waals surface area contributed by atoms with Gasteiger partial charge in [-0.2, -0.15) is 0 Å². The molecule has 3 atom stereocenters. The Morgan fingerprint density at radius 1 is 1.31 bits per heavy atom. The first-order valence-corrected chi connectivity index (χ1v) is 12.3. The lowest BCUT2D eigenvalue weighted by Crippen LogP contribution is -2.39. The number of halogens is 1. The zero-order chi connectivity index (χ0) is 25.2. The minimum Gasteiger partial charge on any atom is -0.296 e. The standard InChI is InChI=1S/C29H35FN4O/c1-6-9-26(20(2)16-27-31-14-11-28(35)33(27)5)34-15-12-25-23(19-34)17-22(18-32-25)24-10-7-8-13-29(24,4)21(3)30/h6-11,14,16-18,21,26H,12-13,15,19H2,1-5H3/b9-6-,20-16-. The summed E-state index contributed by atoms with van der Waals surface area (Å²) in [5, 5.41) is 0. The lowest BCUT2D eigenvalue weighted by atomic mass is 9.71. The third-order valence-electron chi connectivity index (χ3n) is 7.50. The van der Waals surface area contributed by atoms with E-state index in [-0.39, 0.29) is 11.6 Å². The van der Waals surface area contributed by atoms with Crippen LogP contribution in [0, 0.1) is 5.41 Å². The predicted molar refractivity (Wildman–Crippen MR) is 140 cm³/mol. The Balaban J connectivity index is 1.65. The van der Waals surface area contributed by atoms with Crippen LogP contribution in [0.2, 0.25) is 0 Å². The van der Waals surface area contributed by atoms with Gasteiger partial charge < -0.3 is 0 Å². The van der Waals surface area contributed by atoms with E-state index in [0.717, 1.165) is 41.9 Å². The van der Waals surface area contributed by atoms with E-state index in [4.69, 9.17) is 4.98 Å². The van der Waals surface area contributed by atoms with Gasteiger partial charge in [-0.25, -0.2) is 9.37 Å². The molecule has 0 amide bonds. The predicted octanol–water partition coefficient (Wildman–Crippen LogP) is 5.29. The summed E-state index contributed by atoms with van der Waals surface area (Å²) in [6, 6.07) is 3.74. The molecule has 0 fully saturated rings. The Hall–Kier alpha value is -3.12. The van der Waals surface area contributed by atoms with Crippen LogP contribution in [0.1, 0.15) is 56.8 Å². The number of rotatable bonds is 6. The van der Waals surface area contributed by atoms with Crippen molar-refractivity contribution in [3.05, 3.63) is 93.5 Å². The summed E-state index contributed by atoms with van der Waals surface area (Å²) in [5.41, 5.74) is 4.80. The molecule has 0 saturated carbocycles. The van der Waals surface area contributed by atoms with E-state index < -0.39 is 11.6 Å². The van der Waals surface area contributed by atoms with Gasteiger partial charge in [0.2, 0.25) is 0 Å². The molecule has 3 heterocycles. The highest BCUT2D eigenvalue weighted by Gasteiger charge is 2.37. The van der Waals surface area contributed by atoms with Crippen LogP contribution in [0.25, 0.3) is 11.6 Å². The molecule has 0 N–H and O–H groups in total. The first-order valence-electron chi connectivity index (χ1n) is 12.3. The van der Waals surface area contributed by atoms with Gasteiger partial charge in [0.1, 0.15) is 12.0 Å². The van der Waals surface area contributed by atoms with Crippen LogP contribution in [0.5, 0.6) is 0 Å². The second-order valence-electron chi connectivity index (χ2n) is 9.86. The highest BCUT2D eigenvalue weighted by Crippen LogP contribution is 2.45. The molecule has 0 radical (unpaired) electrons. The van der Waals surface area contributed by atoms with Gasteiger partial charge in [-0.05, 0) is 61.6 Å². The van der Waals surface area contributed by atoms with E-state index in [1.165, 1.54) is 11.6 Å². The molecule has 1 aliphatic heterocycles. The number of alkyl halides is 1. The van der Waals surface area contributed by atoms with Crippen molar-refractivity contribution in [2.24, 2.45) is 12.5 Å². The molecule has 0 saturated heterocycles. The maximum Gasteiger partial charge on any atom is 0.253 e.